The second-order valence-corrected chi connectivity index (χ2v) is 5.45. The van der Waals surface area contributed by atoms with E-state index in [2.05, 4.69) is 5.32 Å². The minimum Gasteiger partial charge on any atom is -0.504 e. The van der Waals surface area contributed by atoms with Gasteiger partial charge in [-0.2, -0.15) is 11.8 Å². The summed E-state index contributed by atoms with van der Waals surface area (Å²) in [4.78, 5) is 0. The molecule has 0 saturated carbocycles. The Balaban J connectivity index is 1.89. The van der Waals surface area contributed by atoms with Gasteiger partial charge in [0.1, 0.15) is 0 Å². The van der Waals surface area contributed by atoms with Gasteiger partial charge < -0.3 is 15.2 Å². The summed E-state index contributed by atoms with van der Waals surface area (Å²) in [6, 6.07) is 6.12. The first kappa shape index (κ1) is 12.6. The van der Waals surface area contributed by atoms with Gasteiger partial charge in [-0.15, -0.1) is 0 Å². The van der Waals surface area contributed by atoms with E-state index >= 15 is 0 Å². The molecule has 1 unspecified atom stereocenters. The molecule has 1 saturated heterocycles. The molecular formula is C13H19NO2S. The lowest BCUT2D eigenvalue weighted by Crippen LogP contribution is -2.33. The van der Waals surface area contributed by atoms with Crippen molar-refractivity contribution in [3.63, 3.8) is 0 Å². The number of nitrogens with one attached hydrogen (secondary N) is 1. The number of phenolic OH excluding ortho intramolecular Hbond substituents is 1. The zero-order valence-electron chi connectivity index (χ0n) is 10.1. The Labute approximate surface area is 107 Å². The van der Waals surface area contributed by atoms with Gasteiger partial charge in [-0.25, -0.2) is 0 Å². The van der Waals surface area contributed by atoms with Crippen LogP contribution in [0.5, 0.6) is 11.5 Å². The van der Waals surface area contributed by atoms with Crippen LogP contribution in [0.2, 0.25) is 0 Å². The molecule has 0 amide bonds. The van der Waals surface area contributed by atoms with E-state index in [1.807, 2.05) is 23.9 Å². The first-order valence-electron chi connectivity index (χ1n) is 5.96. The zero-order chi connectivity index (χ0) is 12.1. The maximum Gasteiger partial charge on any atom is 0.160 e. The number of methoxy groups -OCH3 is 1. The Morgan fingerprint density at radius 1 is 1.53 bits per heavy atom. The van der Waals surface area contributed by atoms with Gasteiger partial charge in [0.05, 0.1) is 7.11 Å². The highest BCUT2D eigenvalue weighted by Gasteiger charge is 2.13. The number of ether oxygens (including phenoxy) is 1. The van der Waals surface area contributed by atoms with E-state index in [1.54, 1.807) is 13.2 Å². The van der Waals surface area contributed by atoms with Crippen LogP contribution in [0.15, 0.2) is 18.2 Å². The number of thioether (sulfide) groups is 1. The number of benzene rings is 1. The molecule has 1 aliphatic rings. The first-order valence-corrected chi connectivity index (χ1v) is 7.12. The van der Waals surface area contributed by atoms with E-state index < -0.39 is 0 Å². The molecule has 0 aromatic heterocycles. The highest BCUT2D eigenvalue weighted by molar-refractivity contribution is 7.99. The van der Waals surface area contributed by atoms with Crippen molar-refractivity contribution in [2.75, 3.05) is 18.6 Å². The minimum atomic E-state index is 0.199. The molecule has 1 heterocycles. The molecule has 1 fully saturated rings. The van der Waals surface area contributed by atoms with Crippen molar-refractivity contribution in [2.24, 2.45) is 0 Å². The van der Waals surface area contributed by atoms with Crippen LogP contribution in [-0.4, -0.2) is 29.8 Å². The molecule has 0 spiro atoms. The Bertz CT molecular complexity index is 364. The van der Waals surface area contributed by atoms with E-state index in [9.17, 15) is 5.11 Å². The van der Waals surface area contributed by atoms with Gasteiger partial charge in [-0.05, 0) is 36.3 Å². The normalized spacial score (nSPS) is 20.2. The molecule has 0 aliphatic carbocycles. The van der Waals surface area contributed by atoms with E-state index in [0.717, 1.165) is 12.1 Å². The Morgan fingerprint density at radius 2 is 2.41 bits per heavy atom. The summed E-state index contributed by atoms with van der Waals surface area (Å²) in [5, 5.41) is 13.1. The smallest absolute Gasteiger partial charge is 0.160 e. The molecule has 2 N–H and O–H groups in total. The molecule has 4 heteroatoms. The largest absolute Gasteiger partial charge is 0.504 e. The monoisotopic (exact) mass is 253 g/mol. The van der Waals surface area contributed by atoms with Gasteiger partial charge in [0.25, 0.3) is 0 Å². The molecule has 2 rings (SSSR count). The zero-order valence-corrected chi connectivity index (χ0v) is 10.9. The Hall–Kier alpha value is -0.870. The van der Waals surface area contributed by atoms with Crippen molar-refractivity contribution < 1.29 is 9.84 Å². The summed E-state index contributed by atoms with van der Waals surface area (Å²) in [5.74, 6) is 3.24. The van der Waals surface area contributed by atoms with Crippen LogP contribution in [0.3, 0.4) is 0 Å². The van der Waals surface area contributed by atoms with Crippen LogP contribution in [-0.2, 0) is 6.54 Å². The Kier molecular flexibility index (Phi) is 4.57. The van der Waals surface area contributed by atoms with Crippen LogP contribution in [0.4, 0.5) is 0 Å². The molecule has 3 nitrogen and oxygen atoms in total. The van der Waals surface area contributed by atoms with Crippen molar-refractivity contribution in [1.29, 1.82) is 0 Å². The highest BCUT2D eigenvalue weighted by atomic mass is 32.2. The predicted octanol–water partition coefficient (Wildman–Crippen LogP) is 2.39. The SMILES string of the molecule is COc1cc(CNC2CCCSC2)ccc1O. The third-order valence-electron chi connectivity index (χ3n) is 3.00. The van der Waals surface area contributed by atoms with Crippen LogP contribution in [0.25, 0.3) is 0 Å². The van der Waals surface area contributed by atoms with Gasteiger partial charge in [0, 0.05) is 18.3 Å². The Morgan fingerprint density at radius 3 is 3.12 bits per heavy atom. The molecule has 94 valence electrons. The predicted molar refractivity (Wildman–Crippen MR) is 71.8 cm³/mol. The van der Waals surface area contributed by atoms with Gasteiger partial charge in [0.2, 0.25) is 0 Å². The molecular weight excluding hydrogens is 234 g/mol. The third kappa shape index (κ3) is 3.54. The van der Waals surface area contributed by atoms with Gasteiger partial charge in [0.15, 0.2) is 11.5 Å². The summed E-state index contributed by atoms with van der Waals surface area (Å²) >= 11 is 2.02. The van der Waals surface area contributed by atoms with Gasteiger partial charge >= 0.3 is 0 Å². The van der Waals surface area contributed by atoms with Crippen LogP contribution in [0, 0.1) is 0 Å². The van der Waals surface area contributed by atoms with Crippen LogP contribution in [0.1, 0.15) is 18.4 Å². The van der Waals surface area contributed by atoms with Crippen molar-refractivity contribution in [2.45, 2.75) is 25.4 Å². The summed E-state index contributed by atoms with van der Waals surface area (Å²) in [6.45, 7) is 0.835. The van der Waals surface area contributed by atoms with E-state index in [1.165, 1.54) is 24.3 Å². The summed E-state index contributed by atoms with van der Waals surface area (Å²) in [6.07, 6.45) is 2.57. The lowest BCUT2D eigenvalue weighted by molar-refractivity contribution is 0.372. The lowest BCUT2D eigenvalue weighted by atomic mass is 10.1. The molecule has 1 aromatic rings. The van der Waals surface area contributed by atoms with Crippen molar-refractivity contribution >= 4 is 11.8 Å². The molecule has 0 bridgehead atoms. The summed E-state index contributed by atoms with van der Waals surface area (Å²) < 4.78 is 5.10. The average molecular weight is 253 g/mol. The average Bonchev–Trinajstić information content (AvgIpc) is 2.39. The van der Waals surface area contributed by atoms with Gasteiger partial charge in [-0.1, -0.05) is 6.07 Å². The maximum atomic E-state index is 9.50. The lowest BCUT2D eigenvalue weighted by Gasteiger charge is -2.22. The van der Waals surface area contributed by atoms with Crippen molar-refractivity contribution in [3.05, 3.63) is 23.8 Å². The quantitative estimate of drug-likeness (QED) is 0.864. The second kappa shape index (κ2) is 6.17. The van der Waals surface area contributed by atoms with Crippen molar-refractivity contribution in [3.8, 4) is 11.5 Å². The van der Waals surface area contributed by atoms with E-state index in [4.69, 9.17) is 4.74 Å². The number of phenols is 1. The molecule has 1 aromatic carbocycles. The fourth-order valence-electron chi connectivity index (χ4n) is 2.00. The minimum absolute atomic E-state index is 0.199. The number of rotatable bonds is 4. The maximum absolute atomic E-state index is 9.50. The standard InChI is InChI=1S/C13H19NO2S/c1-16-13-7-10(4-5-12(13)15)8-14-11-3-2-6-17-9-11/h4-5,7,11,14-15H,2-3,6,8-9H2,1H3. The van der Waals surface area contributed by atoms with Crippen molar-refractivity contribution in [1.82, 2.24) is 5.32 Å². The van der Waals surface area contributed by atoms with Gasteiger partial charge in [-0.3, -0.25) is 0 Å². The topological polar surface area (TPSA) is 41.5 Å². The fraction of sp³-hybridized carbons (Fsp3) is 0.538. The van der Waals surface area contributed by atoms with E-state index in [0.29, 0.717) is 11.8 Å². The second-order valence-electron chi connectivity index (χ2n) is 4.30. The summed E-state index contributed by atoms with van der Waals surface area (Å²) in [5.41, 5.74) is 1.15. The first-order chi connectivity index (χ1) is 8.29. The molecule has 0 radical (unpaired) electrons. The third-order valence-corrected chi connectivity index (χ3v) is 4.21. The molecule has 17 heavy (non-hydrogen) atoms. The molecule has 1 atom stereocenters. The number of aromatic hydroxyl groups is 1. The van der Waals surface area contributed by atoms with E-state index in [-0.39, 0.29) is 5.75 Å². The van der Waals surface area contributed by atoms with Crippen LogP contribution >= 0.6 is 11.8 Å². The number of hydrogen-bond acceptors (Lipinski definition) is 4. The summed E-state index contributed by atoms with van der Waals surface area (Å²) in [7, 11) is 1.57. The fourth-order valence-corrected chi connectivity index (χ4v) is 3.10. The van der Waals surface area contributed by atoms with Crippen LogP contribution < -0.4 is 10.1 Å². The number of hydrogen-bond donors (Lipinski definition) is 2. The highest BCUT2D eigenvalue weighted by Crippen LogP contribution is 2.26. The molecule has 1 aliphatic heterocycles.